The molecular formula is C14H13BrFNO3. The lowest BCUT2D eigenvalue weighted by Gasteiger charge is -2.12. The van der Waals surface area contributed by atoms with Gasteiger partial charge in [-0.1, -0.05) is 0 Å². The maximum absolute atomic E-state index is 13.8. The number of ether oxygens (including phenoxy) is 2. The molecule has 1 heterocycles. The van der Waals surface area contributed by atoms with Crippen molar-refractivity contribution in [3.63, 3.8) is 0 Å². The minimum absolute atomic E-state index is 0.130. The molecule has 106 valence electrons. The van der Waals surface area contributed by atoms with Gasteiger partial charge < -0.3 is 9.47 Å². The molecule has 4 nitrogen and oxygen atoms in total. The molecule has 20 heavy (non-hydrogen) atoms. The van der Waals surface area contributed by atoms with Crippen molar-refractivity contribution in [1.82, 2.24) is 4.98 Å². The van der Waals surface area contributed by atoms with Gasteiger partial charge in [0.2, 0.25) is 0 Å². The zero-order valence-electron chi connectivity index (χ0n) is 11.3. The van der Waals surface area contributed by atoms with E-state index in [2.05, 4.69) is 25.7 Å². The van der Waals surface area contributed by atoms with Crippen LogP contribution in [0.1, 0.15) is 23.0 Å². The lowest BCUT2D eigenvalue weighted by molar-refractivity contribution is 0.0594. The Morgan fingerprint density at radius 1 is 1.45 bits per heavy atom. The van der Waals surface area contributed by atoms with Crippen LogP contribution < -0.4 is 4.74 Å². The number of carbonyl (C=O) groups is 1. The molecule has 2 rings (SSSR count). The lowest BCUT2D eigenvalue weighted by atomic mass is 10.1. The van der Waals surface area contributed by atoms with Gasteiger partial charge in [-0.05, 0) is 41.4 Å². The third-order valence-electron chi connectivity index (χ3n) is 2.82. The van der Waals surface area contributed by atoms with Crippen LogP contribution in [0, 0.1) is 12.7 Å². The van der Waals surface area contributed by atoms with Crippen molar-refractivity contribution in [1.29, 1.82) is 0 Å². The molecule has 0 saturated heterocycles. The molecule has 0 aliphatic rings. The highest BCUT2D eigenvalue weighted by Gasteiger charge is 2.18. The molecule has 0 fully saturated rings. The average molecular weight is 342 g/mol. The Balaban J connectivity index is 2.85. The van der Waals surface area contributed by atoms with Gasteiger partial charge in [-0.2, -0.15) is 0 Å². The van der Waals surface area contributed by atoms with Crippen LogP contribution in [0.2, 0.25) is 0 Å². The molecule has 0 aliphatic heterocycles. The number of halogens is 2. The van der Waals surface area contributed by atoms with Crippen molar-refractivity contribution in [2.75, 3.05) is 13.7 Å². The number of pyridine rings is 1. The van der Waals surface area contributed by atoms with E-state index in [9.17, 15) is 9.18 Å². The van der Waals surface area contributed by atoms with Gasteiger partial charge in [0.05, 0.1) is 29.1 Å². The van der Waals surface area contributed by atoms with E-state index in [0.29, 0.717) is 28.8 Å². The van der Waals surface area contributed by atoms with Crippen LogP contribution in [0.5, 0.6) is 5.75 Å². The number of aryl methyl sites for hydroxylation is 1. The first-order valence-corrected chi connectivity index (χ1v) is 6.79. The van der Waals surface area contributed by atoms with Crippen LogP contribution in [0.15, 0.2) is 16.6 Å². The minimum atomic E-state index is -0.562. The van der Waals surface area contributed by atoms with E-state index in [0.717, 1.165) is 0 Å². The summed E-state index contributed by atoms with van der Waals surface area (Å²) in [6.07, 6.45) is 0. The van der Waals surface area contributed by atoms with Gasteiger partial charge in [0.15, 0.2) is 5.69 Å². The van der Waals surface area contributed by atoms with Crippen LogP contribution in [0.3, 0.4) is 0 Å². The number of hydrogen-bond acceptors (Lipinski definition) is 4. The van der Waals surface area contributed by atoms with Gasteiger partial charge in [-0.25, -0.2) is 14.2 Å². The quantitative estimate of drug-likeness (QED) is 0.800. The normalized spacial score (nSPS) is 10.7. The van der Waals surface area contributed by atoms with E-state index >= 15 is 0 Å². The van der Waals surface area contributed by atoms with Gasteiger partial charge in [0.25, 0.3) is 0 Å². The molecule has 0 spiro atoms. The van der Waals surface area contributed by atoms with Gasteiger partial charge in [0, 0.05) is 6.07 Å². The molecule has 0 bridgehead atoms. The number of esters is 1. The van der Waals surface area contributed by atoms with Crippen LogP contribution in [-0.4, -0.2) is 24.7 Å². The first kappa shape index (κ1) is 14.7. The standard InChI is InChI=1S/C14H13BrFNO3/c1-4-20-10-6-9(14(18)19-3)17-13-7(2)5-8(16)12(15)11(10)13/h5-6H,4H2,1-3H3. The van der Waals surface area contributed by atoms with Crippen LogP contribution >= 0.6 is 15.9 Å². The first-order valence-electron chi connectivity index (χ1n) is 6.00. The van der Waals surface area contributed by atoms with Crippen LogP contribution in [0.25, 0.3) is 10.9 Å². The van der Waals surface area contributed by atoms with Gasteiger partial charge >= 0.3 is 5.97 Å². The third kappa shape index (κ3) is 2.47. The molecule has 0 N–H and O–H groups in total. The van der Waals surface area contributed by atoms with Crippen LogP contribution in [-0.2, 0) is 4.74 Å². The number of hydrogen-bond donors (Lipinski definition) is 0. The number of fused-ring (bicyclic) bond motifs is 1. The molecule has 0 aliphatic carbocycles. The van der Waals surface area contributed by atoms with E-state index in [1.807, 2.05) is 6.92 Å². The minimum Gasteiger partial charge on any atom is -0.493 e. The van der Waals surface area contributed by atoms with E-state index < -0.39 is 11.8 Å². The molecular weight excluding hydrogens is 329 g/mol. The average Bonchev–Trinajstić information content (AvgIpc) is 2.43. The Morgan fingerprint density at radius 2 is 2.15 bits per heavy atom. The zero-order chi connectivity index (χ0) is 14.9. The number of methoxy groups -OCH3 is 1. The maximum atomic E-state index is 13.8. The fourth-order valence-electron chi connectivity index (χ4n) is 1.94. The summed E-state index contributed by atoms with van der Waals surface area (Å²) in [6, 6.07) is 2.82. The molecule has 2 aromatic rings. The Morgan fingerprint density at radius 3 is 2.75 bits per heavy atom. The van der Waals surface area contributed by atoms with E-state index in [4.69, 9.17) is 4.74 Å². The summed E-state index contributed by atoms with van der Waals surface area (Å²) in [5, 5.41) is 0.511. The zero-order valence-corrected chi connectivity index (χ0v) is 12.9. The summed E-state index contributed by atoms with van der Waals surface area (Å²) in [4.78, 5) is 15.9. The van der Waals surface area contributed by atoms with Crippen molar-refractivity contribution < 1.29 is 18.7 Å². The van der Waals surface area contributed by atoms with Crippen molar-refractivity contribution in [3.05, 3.63) is 33.7 Å². The molecule has 1 aromatic carbocycles. The Labute approximate surface area is 124 Å². The van der Waals surface area contributed by atoms with E-state index in [1.165, 1.54) is 19.2 Å². The summed E-state index contributed by atoms with van der Waals surface area (Å²) in [7, 11) is 1.28. The van der Waals surface area contributed by atoms with E-state index in [1.54, 1.807) is 6.92 Å². The van der Waals surface area contributed by atoms with Gasteiger partial charge in [-0.3, -0.25) is 0 Å². The second-order valence-electron chi connectivity index (χ2n) is 4.14. The predicted octanol–water partition coefficient (Wildman–Crippen LogP) is 3.63. The first-order chi connectivity index (χ1) is 9.49. The summed E-state index contributed by atoms with van der Waals surface area (Å²) >= 11 is 3.20. The number of carbonyl (C=O) groups excluding carboxylic acids is 1. The maximum Gasteiger partial charge on any atom is 0.356 e. The van der Waals surface area contributed by atoms with Gasteiger partial charge in [-0.15, -0.1) is 0 Å². The molecule has 6 heteroatoms. The number of aromatic nitrogens is 1. The molecule has 1 aromatic heterocycles. The lowest BCUT2D eigenvalue weighted by Crippen LogP contribution is -2.07. The highest BCUT2D eigenvalue weighted by Crippen LogP contribution is 2.36. The van der Waals surface area contributed by atoms with Crippen molar-refractivity contribution in [2.45, 2.75) is 13.8 Å². The number of benzene rings is 1. The topological polar surface area (TPSA) is 48.4 Å². The van der Waals surface area contributed by atoms with Crippen molar-refractivity contribution in [3.8, 4) is 5.75 Å². The fraction of sp³-hybridized carbons (Fsp3) is 0.286. The molecule has 0 amide bonds. The van der Waals surface area contributed by atoms with Crippen LogP contribution in [0.4, 0.5) is 4.39 Å². The summed E-state index contributed by atoms with van der Waals surface area (Å²) in [5.74, 6) is -0.566. The third-order valence-corrected chi connectivity index (χ3v) is 3.60. The summed E-state index contributed by atoms with van der Waals surface area (Å²) in [5.41, 5.74) is 1.25. The molecule has 0 atom stereocenters. The summed E-state index contributed by atoms with van der Waals surface area (Å²) < 4.78 is 24.3. The fourth-order valence-corrected chi connectivity index (χ4v) is 2.44. The Bertz CT molecular complexity index is 688. The SMILES string of the molecule is CCOc1cc(C(=O)OC)nc2c(C)cc(F)c(Br)c12. The Kier molecular flexibility index (Phi) is 4.23. The predicted molar refractivity (Wildman–Crippen MR) is 76.6 cm³/mol. The smallest absolute Gasteiger partial charge is 0.356 e. The number of nitrogens with zero attached hydrogens (tertiary/aromatic N) is 1. The molecule has 0 unspecified atom stereocenters. The van der Waals surface area contributed by atoms with Gasteiger partial charge in [0.1, 0.15) is 11.6 Å². The monoisotopic (exact) mass is 341 g/mol. The highest BCUT2D eigenvalue weighted by molar-refractivity contribution is 9.10. The highest BCUT2D eigenvalue weighted by atomic mass is 79.9. The van der Waals surface area contributed by atoms with E-state index in [-0.39, 0.29) is 10.2 Å². The molecule has 0 saturated carbocycles. The Hall–Kier alpha value is -1.69. The largest absolute Gasteiger partial charge is 0.493 e. The molecule has 0 radical (unpaired) electrons. The number of rotatable bonds is 3. The second-order valence-corrected chi connectivity index (χ2v) is 4.94. The second kappa shape index (κ2) is 5.75. The summed E-state index contributed by atoms with van der Waals surface area (Å²) in [6.45, 7) is 3.92. The van der Waals surface area contributed by atoms with Crippen molar-refractivity contribution in [2.24, 2.45) is 0 Å². The van der Waals surface area contributed by atoms with Crippen molar-refractivity contribution >= 4 is 32.8 Å².